The summed E-state index contributed by atoms with van der Waals surface area (Å²) in [5, 5.41) is 6.78. The highest BCUT2D eigenvalue weighted by molar-refractivity contribution is 5.78. The molecule has 0 aliphatic carbocycles. The first-order valence-electron chi connectivity index (χ1n) is 11.5. The van der Waals surface area contributed by atoms with E-state index in [1.807, 2.05) is 6.07 Å². The lowest BCUT2D eigenvalue weighted by Gasteiger charge is -2.34. The predicted octanol–water partition coefficient (Wildman–Crippen LogP) is 3.39. The Hall–Kier alpha value is -2.85. The number of nitrogens with one attached hydrogen (secondary N) is 2. The molecule has 2 fully saturated rings. The van der Waals surface area contributed by atoms with Crippen molar-refractivity contribution in [3.8, 4) is 5.82 Å². The zero-order chi connectivity index (χ0) is 22.8. The predicted molar refractivity (Wildman–Crippen MR) is 123 cm³/mol. The molecule has 0 unspecified atom stereocenters. The molecule has 0 spiro atoms. The van der Waals surface area contributed by atoms with Gasteiger partial charge < -0.3 is 20.3 Å². The van der Waals surface area contributed by atoms with Gasteiger partial charge in [-0.3, -0.25) is 4.57 Å². The van der Waals surface area contributed by atoms with Crippen LogP contribution in [-0.4, -0.2) is 65.0 Å². The van der Waals surface area contributed by atoms with Crippen molar-refractivity contribution in [1.29, 1.82) is 0 Å². The molecule has 33 heavy (non-hydrogen) atoms. The highest BCUT2D eigenvalue weighted by Crippen LogP contribution is 2.30. The van der Waals surface area contributed by atoms with E-state index in [2.05, 4.69) is 32.4 Å². The highest BCUT2D eigenvalue weighted by atomic mass is 19.3. The van der Waals surface area contributed by atoms with E-state index in [1.54, 1.807) is 24.3 Å². The lowest BCUT2D eigenvalue weighted by molar-refractivity contribution is 0.0985. The summed E-state index contributed by atoms with van der Waals surface area (Å²) in [7, 11) is 0. The summed E-state index contributed by atoms with van der Waals surface area (Å²) in [6.45, 7) is 6.64. The molecule has 2 aromatic heterocycles. The average molecular weight is 458 g/mol. The van der Waals surface area contributed by atoms with E-state index >= 15 is 0 Å². The molecular formula is C23H29F2N7O. The van der Waals surface area contributed by atoms with Crippen LogP contribution in [0.3, 0.4) is 0 Å². The minimum Gasteiger partial charge on any atom is -0.377 e. The zero-order valence-electron chi connectivity index (χ0n) is 18.7. The van der Waals surface area contributed by atoms with Gasteiger partial charge in [-0.1, -0.05) is 12.1 Å². The van der Waals surface area contributed by atoms with E-state index in [9.17, 15) is 8.78 Å². The molecule has 2 saturated heterocycles. The Morgan fingerprint density at radius 1 is 1.21 bits per heavy atom. The van der Waals surface area contributed by atoms with Crippen LogP contribution >= 0.6 is 0 Å². The largest absolute Gasteiger partial charge is 0.377 e. The Balaban J connectivity index is 1.57. The van der Waals surface area contributed by atoms with Crippen molar-refractivity contribution >= 4 is 22.8 Å². The summed E-state index contributed by atoms with van der Waals surface area (Å²) in [6, 6.07) is 9.02. The van der Waals surface area contributed by atoms with Crippen molar-refractivity contribution in [2.24, 2.45) is 5.92 Å². The van der Waals surface area contributed by atoms with E-state index < -0.39 is 6.43 Å². The summed E-state index contributed by atoms with van der Waals surface area (Å²) >= 11 is 0. The number of morpholine rings is 1. The Bertz CT molecular complexity index is 1100. The molecule has 2 aliphatic heterocycles. The molecule has 0 saturated carbocycles. The van der Waals surface area contributed by atoms with Crippen LogP contribution in [0.25, 0.3) is 16.9 Å². The number of ether oxygens (including phenoxy) is 1. The van der Waals surface area contributed by atoms with Gasteiger partial charge in [0.2, 0.25) is 5.95 Å². The van der Waals surface area contributed by atoms with Gasteiger partial charge in [0.1, 0.15) is 11.6 Å². The lowest BCUT2D eigenvalue weighted by atomic mass is 10.00. The number of hydrogen-bond donors (Lipinski definition) is 2. The highest BCUT2D eigenvalue weighted by Gasteiger charge is 2.25. The number of hydrogen-bond acceptors (Lipinski definition) is 7. The number of para-hydroxylation sites is 2. The second-order valence-corrected chi connectivity index (χ2v) is 8.71. The number of imidazole rings is 1. The number of anilines is 2. The van der Waals surface area contributed by atoms with Crippen LogP contribution in [-0.2, 0) is 4.74 Å². The molecule has 2 aliphatic rings. The first-order chi connectivity index (χ1) is 16.1. The van der Waals surface area contributed by atoms with Crippen molar-refractivity contribution in [2.45, 2.75) is 32.2 Å². The molecule has 0 bridgehead atoms. The number of benzene rings is 1. The Kier molecular flexibility index (Phi) is 6.37. The molecule has 8 nitrogen and oxygen atoms in total. The minimum absolute atomic E-state index is 0.117. The number of rotatable bonds is 6. The number of alkyl halides is 2. The van der Waals surface area contributed by atoms with Gasteiger partial charge in [0.25, 0.3) is 6.43 Å². The lowest BCUT2D eigenvalue weighted by Crippen LogP contribution is -2.44. The van der Waals surface area contributed by atoms with Crippen LogP contribution in [0.5, 0.6) is 0 Å². The van der Waals surface area contributed by atoms with E-state index in [1.165, 1.54) is 4.57 Å². The SMILES string of the molecule is C[C@@H]1COCCN1c1cc(-n2c(C(F)F)nc3ccccc32)nc(NC[C@H]2CCCNC2)n1. The van der Waals surface area contributed by atoms with Crippen molar-refractivity contribution in [2.75, 3.05) is 49.6 Å². The Morgan fingerprint density at radius 2 is 2.06 bits per heavy atom. The first kappa shape index (κ1) is 22.0. The summed E-state index contributed by atoms with van der Waals surface area (Å²) < 4.78 is 35.0. The van der Waals surface area contributed by atoms with Crippen LogP contribution in [0, 0.1) is 5.92 Å². The maximum absolute atomic E-state index is 14.0. The van der Waals surface area contributed by atoms with Gasteiger partial charge in [0.05, 0.1) is 30.3 Å². The first-order valence-corrected chi connectivity index (χ1v) is 11.5. The van der Waals surface area contributed by atoms with E-state index in [-0.39, 0.29) is 11.9 Å². The van der Waals surface area contributed by atoms with Crippen LogP contribution in [0.15, 0.2) is 30.3 Å². The topological polar surface area (TPSA) is 80.1 Å². The van der Waals surface area contributed by atoms with Gasteiger partial charge in [-0.15, -0.1) is 0 Å². The van der Waals surface area contributed by atoms with Crippen LogP contribution in [0.4, 0.5) is 20.5 Å². The normalized spacial score (nSPS) is 21.6. The number of piperidine rings is 1. The van der Waals surface area contributed by atoms with Crippen molar-refractivity contribution in [3.05, 3.63) is 36.2 Å². The average Bonchev–Trinajstić information content (AvgIpc) is 3.24. The molecule has 0 amide bonds. The van der Waals surface area contributed by atoms with E-state index in [0.717, 1.165) is 32.5 Å². The maximum atomic E-state index is 14.0. The Morgan fingerprint density at radius 3 is 2.85 bits per heavy atom. The molecule has 2 N–H and O–H groups in total. The number of halogens is 2. The molecule has 10 heteroatoms. The molecule has 2 atom stereocenters. The van der Waals surface area contributed by atoms with Gasteiger partial charge in [-0.2, -0.15) is 9.97 Å². The number of nitrogens with zero attached hydrogens (tertiary/aromatic N) is 5. The van der Waals surface area contributed by atoms with Crippen molar-refractivity contribution in [1.82, 2.24) is 24.8 Å². The van der Waals surface area contributed by atoms with E-state index in [4.69, 9.17) is 9.72 Å². The number of aromatic nitrogens is 4. The fourth-order valence-corrected chi connectivity index (χ4v) is 4.60. The second-order valence-electron chi connectivity index (χ2n) is 8.71. The van der Waals surface area contributed by atoms with Crippen molar-refractivity contribution < 1.29 is 13.5 Å². The monoisotopic (exact) mass is 457 g/mol. The van der Waals surface area contributed by atoms with Crippen LogP contribution in [0.2, 0.25) is 0 Å². The zero-order valence-corrected chi connectivity index (χ0v) is 18.7. The van der Waals surface area contributed by atoms with E-state index in [0.29, 0.717) is 54.3 Å². The molecule has 0 radical (unpaired) electrons. The Labute approximate surface area is 191 Å². The minimum atomic E-state index is -2.73. The quantitative estimate of drug-likeness (QED) is 0.587. The standard InChI is InChI=1S/C23H29F2N7O/c1-15-14-33-10-9-31(15)19-11-20(30-23(29-19)27-13-16-5-4-8-26-12-16)32-18-7-3-2-6-17(18)28-22(32)21(24)25/h2-3,6-7,11,15-16,21,26H,4-5,8-10,12-14H2,1H3,(H,27,29,30)/t15-,16+/m1/s1. The smallest absolute Gasteiger partial charge is 0.296 e. The van der Waals surface area contributed by atoms with Gasteiger partial charge in [-0.25, -0.2) is 13.8 Å². The van der Waals surface area contributed by atoms with Crippen LogP contribution in [0.1, 0.15) is 32.0 Å². The van der Waals surface area contributed by atoms with Gasteiger partial charge in [0, 0.05) is 19.2 Å². The second kappa shape index (κ2) is 9.56. The summed E-state index contributed by atoms with van der Waals surface area (Å²) in [5.74, 6) is 1.66. The summed E-state index contributed by atoms with van der Waals surface area (Å²) in [6.07, 6.45) is -0.458. The van der Waals surface area contributed by atoms with Gasteiger partial charge >= 0.3 is 0 Å². The molecule has 1 aromatic carbocycles. The molecule has 4 heterocycles. The third-order valence-corrected chi connectivity index (χ3v) is 6.32. The van der Waals surface area contributed by atoms with Gasteiger partial charge in [-0.05, 0) is 50.9 Å². The maximum Gasteiger partial charge on any atom is 0.296 e. The number of fused-ring (bicyclic) bond motifs is 1. The summed E-state index contributed by atoms with van der Waals surface area (Å²) in [4.78, 5) is 15.8. The molecule has 5 rings (SSSR count). The third-order valence-electron chi connectivity index (χ3n) is 6.32. The summed E-state index contributed by atoms with van der Waals surface area (Å²) in [5.41, 5.74) is 1.10. The molecule has 3 aromatic rings. The third kappa shape index (κ3) is 4.63. The van der Waals surface area contributed by atoms with Crippen molar-refractivity contribution in [3.63, 3.8) is 0 Å². The van der Waals surface area contributed by atoms with Crippen LogP contribution < -0.4 is 15.5 Å². The fraction of sp³-hybridized carbons (Fsp3) is 0.522. The fourth-order valence-electron chi connectivity index (χ4n) is 4.60. The van der Waals surface area contributed by atoms with Gasteiger partial charge in [0.15, 0.2) is 5.82 Å². The molecular weight excluding hydrogens is 428 g/mol. The molecule has 176 valence electrons.